The van der Waals surface area contributed by atoms with E-state index in [9.17, 15) is 14.4 Å². The number of nitrogens with zero attached hydrogens (tertiary/aromatic N) is 2. The Morgan fingerprint density at radius 1 is 1.37 bits per heavy atom. The van der Waals surface area contributed by atoms with E-state index < -0.39 is 29.9 Å². The predicted octanol–water partition coefficient (Wildman–Crippen LogP) is -1.37. The van der Waals surface area contributed by atoms with E-state index in [2.05, 4.69) is 10.6 Å². The van der Waals surface area contributed by atoms with Crippen molar-refractivity contribution in [2.45, 2.75) is 18.9 Å². The van der Waals surface area contributed by atoms with Crippen LogP contribution in [-0.4, -0.2) is 71.2 Å². The molecule has 0 spiro atoms. The molecule has 0 aromatic heterocycles. The van der Waals surface area contributed by atoms with Crippen LogP contribution in [0.25, 0.3) is 0 Å². The molecule has 0 aromatic rings. The van der Waals surface area contributed by atoms with E-state index in [4.69, 9.17) is 5.11 Å². The van der Waals surface area contributed by atoms with Crippen LogP contribution in [0.5, 0.6) is 0 Å². The molecular formula is C11H18N4O4. The number of nitrogens with one attached hydrogen (secondary N) is 2. The lowest BCUT2D eigenvalue weighted by molar-refractivity contribution is -0.143. The molecule has 2 aliphatic rings. The summed E-state index contributed by atoms with van der Waals surface area (Å²) in [6.07, 6.45) is -0.407. The average Bonchev–Trinajstić information content (AvgIpc) is 2.53. The zero-order chi connectivity index (χ0) is 14.0. The lowest BCUT2D eigenvalue weighted by Crippen LogP contribution is -2.50. The molecule has 2 heterocycles. The van der Waals surface area contributed by atoms with Crippen LogP contribution in [0, 0.1) is 0 Å². The van der Waals surface area contributed by atoms with Crippen LogP contribution in [0.1, 0.15) is 13.3 Å². The van der Waals surface area contributed by atoms with Crippen molar-refractivity contribution >= 4 is 17.9 Å². The normalized spacial score (nSPS) is 28.6. The standard InChI is InChI=1S/C11H18N4O4/c1-11(6-8(16)17)9(18)15(10(19)13-11)7-14-4-2-12-3-5-14/h12H,2-7H2,1H3,(H,13,19)(H,16,17). The van der Waals surface area contributed by atoms with Crippen molar-refractivity contribution in [2.75, 3.05) is 32.8 Å². The number of carboxylic acids is 1. The molecule has 3 amide bonds. The number of rotatable bonds is 4. The van der Waals surface area contributed by atoms with Crippen LogP contribution in [0.3, 0.4) is 0 Å². The highest BCUT2D eigenvalue weighted by Crippen LogP contribution is 2.21. The molecule has 2 fully saturated rings. The summed E-state index contributed by atoms with van der Waals surface area (Å²) in [6.45, 7) is 4.80. The van der Waals surface area contributed by atoms with E-state index in [0.29, 0.717) is 0 Å². The highest BCUT2D eigenvalue weighted by Gasteiger charge is 2.49. The average molecular weight is 270 g/mol. The van der Waals surface area contributed by atoms with Gasteiger partial charge in [0.15, 0.2) is 0 Å². The number of carbonyl (C=O) groups excluding carboxylic acids is 2. The Labute approximate surface area is 110 Å². The fourth-order valence-electron chi connectivity index (χ4n) is 2.35. The number of aliphatic carboxylic acids is 1. The van der Waals surface area contributed by atoms with Gasteiger partial charge in [0, 0.05) is 26.2 Å². The minimum atomic E-state index is -1.34. The van der Waals surface area contributed by atoms with Gasteiger partial charge in [-0.2, -0.15) is 0 Å². The highest BCUT2D eigenvalue weighted by atomic mass is 16.4. The van der Waals surface area contributed by atoms with Gasteiger partial charge in [0.1, 0.15) is 5.54 Å². The predicted molar refractivity (Wildman–Crippen MR) is 65.3 cm³/mol. The second kappa shape index (κ2) is 5.14. The summed E-state index contributed by atoms with van der Waals surface area (Å²) >= 11 is 0. The Balaban J connectivity index is 2.03. The molecule has 19 heavy (non-hydrogen) atoms. The molecule has 3 N–H and O–H groups in total. The summed E-state index contributed by atoms with van der Waals surface area (Å²) in [5, 5.41) is 14.5. The molecule has 0 aromatic carbocycles. The number of piperazine rings is 1. The fourth-order valence-corrected chi connectivity index (χ4v) is 2.35. The third kappa shape index (κ3) is 2.85. The molecule has 0 aliphatic carbocycles. The molecule has 8 heteroatoms. The van der Waals surface area contributed by atoms with Crippen molar-refractivity contribution in [2.24, 2.45) is 0 Å². The molecule has 1 unspecified atom stereocenters. The van der Waals surface area contributed by atoms with Gasteiger partial charge in [-0.1, -0.05) is 0 Å². The zero-order valence-corrected chi connectivity index (χ0v) is 10.8. The molecule has 2 rings (SSSR count). The van der Waals surface area contributed by atoms with Crippen molar-refractivity contribution in [1.29, 1.82) is 0 Å². The summed E-state index contributed by atoms with van der Waals surface area (Å²) in [6, 6.07) is -0.521. The first kappa shape index (κ1) is 13.8. The van der Waals surface area contributed by atoms with Crippen LogP contribution in [-0.2, 0) is 9.59 Å². The number of carbonyl (C=O) groups is 3. The Morgan fingerprint density at radius 2 is 2.00 bits per heavy atom. The highest BCUT2D eigenvalue weighted by molar-refractivity contribution is 6.08. The number of urea groups is 1. The van der Waals surface area contributed by atoms with Crippen LogP contribution in [0.2, 0.25) is 0 Å². The van der Waals surface area contributed by atoms with E-state index >= 15 is 0 Å². The largest absolute Gasteiger partial charge is 0.481 e. The van der Waals surface area contributed by atoms with Crippen LogP contribution in [0.15, 0.2) is 0 Å². The maximum atomic E-state index is 12.2. The molecular weight excluding hydrogens is 252 g/mol. The maximum Gasteiger partial charge on any atom is 0.326 e. The van der Waals surface area contributed by atoms with E-state index in [-0.39, 0.29) is 6.67 Å². The van der Waals surface area contributed by atoms with E-state index in [1.165, 1.54) is 6.92 Å². The van der Waals surface area contributed by atoms with Gasteiger partial charge in [0.25, 0.3) is 5.91 Å². The Hall–Kier alpha value is -1.67. The van der Waals surface area contributed by atoms with Gasteiger partial charge in [-0.15, -0.1) is 0 Å². The fraction of sp³-hybridized carbons (Fsp3) is 0.727. The number of hydrogen-bond donors (Lipinski definition) is 3. The first-order valence-electron chi connectivity index (χ1n) is 6.21. The number of imide groups is 1. The molecule has 1 atom stereocenters. The third-order valence-electron chi connectivity index (χ3n) is 3.40. The second-order valence-electron chi connectivity index (χ2n) is 5.08. The topological polar surface area (TPSA) is 102 Å². The molecule has 0 bridgehead atoms. The minimum Gasteiger partial charge on any atom is -0.481 e. The smallest absolute Gasteiger partial charge is 0.326 e. The van der Waals surface area contributed by atoms with Crippen molar-refractivity contribution in [3.63, 3.8) is 0 Å². The van der Waals surface area contributed by atoms with Crippen molar-refractivity contribution in [3.8, 4) is 0 Å². The van der Waals surface area contributed by atoms with E-state index in [1.54, 1.807) is 0 Å². The van der Waals surface area contributed by atoms with E-state index in [0.717, 1.165) is 31.1 Å². The van der Waals surface area contributed by atoms with Crippen LogP contribution >= 0.6 is 0 Å². The van der Waals surface area contributed by atoms with Crippen molar-refractivity contribution in [3.05, 3.63) is 0 Å². The third-order valence-corrected chi connectivity index (χ3v) is 3.40. The maximum absolute atomic E-state index is 12.2. The molecule has 8 nitrogen and oxygen atoms in total. The Morgan fingerprint density at radius 3 is 2.58 bits per heavy atom. The number of carboxylic acid groups (broad SMARTS) is 1. The van der Waals surface area contributed by atoms with Crippen molar-refractivity contribution in [1.82, 2.24) is 20.4 Å². The summed E-state index contributed by atoms with van der Waals surface area (Å²) in [5.74, 6) is -1.58. The minimum absolute atomic E-state index is 0.210. The first-order valence-corrected chi connectivity index (χ1v) is 6.21. The van der Waals surface area contributed by atoms with Gasteiger partial charge < -0.3 is 15.7 Å². The lowest BCUT2D eigenvalue weighted by atomic mass is 9.98. The van der Waals surface area contributed by atoms with Gasteiger partial charge in [-0.3, -0.25) is 14.5 Å². The van der Waals surface area contributed by atoms with E-state index in [1.807, 2.05) is 4.90 Å². The number of hydrogen-bond acceptors (Lipinski definition) is 5. The van der Waals surface area contributed by atoms with Crippen LogP contribution < -0.4 is 10.6 Å². The first-order chi connectivity index (χ1) is 8.92. The SMILES string of the molecule is CC1(CC(=O)O)NC(=O)N(CN2CCNCC2)C1=O. The molecule has 2 aliphatic heterocycles. The summed E-state index contributed by atoms with van der Waals surface area (Å²) in [7, 11) is 0. The van der Waals surface area contributed by atoms with Gasteiger partial charge in [0.2, 0.25) is 0 Å². The molecule has 0 radical (unpaired) electrons. The summed E-state index contributed by atoms with van der Waals surface area (Å²) in [5.41, 5.74) is -1.34. The quantitative estimate of drug-likeness (QED) is 0.545. The monoisotopic (exact) mass is 270 g/mol. The summed E-state index contributed by atoms with van der Waals surface area (Å²) < 4.78 is 0. The van der Waals surface area contributed by atoms with Crippen LogP contribution in [0.4, 0.5) is 4.79 Å². The molecule has 0 saturated carbocycles. The Kier molecular flexibility index (Phi) is 3.72. The van der Waals surface area contributed by atoms with Crippen molar-refractivity contribution < 1.29 is 19.5 Å². The number of amides is 3. The lowest BCUT2D eigenvalue weighted by Gasteiger charge is -2.30. The molecule has 106 valence electrons. The Bertz CT molecular complexity index is 407. The van der Waals surface area contributed by atoms with Gasteiger partial charge >= 0.3 is 12.0 Å². The molecule has 2 saturated heterocycles. The zero-order valence-electron chi connectivity index (χ0n) is 10.8. The van der Waals surface area contributed by atoms with Gasteiger partial charge in [-0.05, 0) is 6.92 Å². The summed E-state index contributed by atoms with van der Waals surface area (Å²) in [4.78, 5) is 37.8. The van der Waals surface area contributed by atoms with Gasteiger partial charge in [-0.25, -0.2) is 9.69 Å². The second-order valence-corrected chi connectivity index (χ2v) is 5.08. The van der Waals surface area contributed by atoms with Gasteiger partial charge in [0.05, 0.1) is 13.1 Å².